The molecule has 1 saturated heterocycles. The molecule has 0 aliphatic carbocycles. The molecule has 2 aromatic heterocycles. The molecule has 3 heterocycles. The fraction of sp³-hybridized carbons (Fsp3) is 0.556. The number of halogens is 3. The van der Waals surface area contributed by atoms with E-state index in [-0.39, 0.29) is 24.2 Å². The van der Waals surface area contributed by atoms with Gasteiger partial charge in [0.05, 0.1) is 11.3 Å². The highest BCUT2D eigenvalue weighted by molar-refractivity contribution is 5.95. The van der Waals surface area contributed by atoms with Crippen LogP contribution in [0.3, 0.4) is 0 Å². The Bertz CT molecular complexity index is 799. The van der Waals surface area contributed by atoms with E-state index in [9.17, 15) is 23.1 Å². The van der Waals surface area contributed by atoms with Crippen molar-refractivity contribution >= 4 is 11.6 Å². The molecule has 2 aromatic rings. The average Bonchev–Trinajstić information content (AvgIpc) is 2.99. The summed E-state index contributed by atoms with van der Waals surface area (Å²) < 4.78 is 40.6. The Morgan fingerprint density at radius 3 is 2.77 bits per heavy atom. The SMILES string of the molecule is CCc1nc2ccc(C(F)(F)F)cn2c1C(=O)N1CCCCC1CCO. The second-order valence-corrected chi connectivity index (χ2v) is 6.56. The summed E-state index contributed by atoms with van der Waals surface area (Å²) in [7, 11) is 0. The molecular weight excluding hydrogens is 347 g/mol. The lowest BCUT2D eigenvalue weighted by atomic mass is 9.99. The molecule has 1 N–H and O–H groups in total. The predicted molar refractivity (Wildman–Crippen MR) is 90.0 cm³/mol. The lowest BCUT2D eigenvalue weighted by Gasteiger charge is -2.35. The highest BCUT2D eigenvalue weighted by Gasteiger charge is 2.34. The number of piperidine rings is 1. The maximum absolute atomic E-state index is 13.2. The van der Waals surface area contributed by atoms with Crippen molar-refractivity contribution in [1.29, 1.82) is 0 Å². The molecule has 0 radical (unpaired) electrons. The van der Waals surface area contributed by atoms with E-state index in [0.717, 1.165) is 31.5 Å². The van der Waals surface area contributed by atoms with Crippen LogP contribution < -0.4 is 0 Å². The minimum absolute atomic E-state index is 0.0273. The van der Waals surface area contributed by atoms with Gasteiger partial charge in [-0.1, -0.05) is 6.92 Å². The Hall–Kier alpha value is -2.09. The number of amides is 1. The number of pyridine rings is 1. The molecule has 0 aromatic carbocycles. The second kappa shape index (κ2) is 7.26. The number of rotatable bonds is 4. The van der Waals surface area contributed by atoms with Crippen LogP contribution in [0.4, 0.5) is 13.2 Å². The van der Waals surface area contributed by atoms with Crippen molar-refractivity contribution in [2.75, 3.05) is 13.2 Å². The number of imidazole rings is 1. The topological polar surface area (TPSA) is 57.8 Å². The Morgan fingerprint density at radius 1 is 1.35 bits per heavy atom. The molecule has 142 valence electrons. The van der Waals surface area contributed by atoms with Gasteiger partial charge < -0.3 is 10.0 Å². The van der Waals surface area contributed by atoms with Crippen LogP contribution in [0, 0.1) is 0 Å². The number of carbonyl (C=O) groups excluding carboxylic acids is 1. The number of aliphatic hydroxyl groups is 1. The van der Waals surface area contributed by atoms with Gasteiger partial charge in [-0.2, -0.15) is 13.2 Å². The second-order valence-electron chi connectivity index (χ2n) is 6.56. The standard InChI is InChI=1S/C18H22F3N3O2/c1-2-14-16(17(26)23-9-4-3-5-13(23)8-10-25)24-11-12(18(19,20)21)6-7-15(24)22-14/h6-7,11,13,25H,2-5,8-10H2,1H3. The third-order valence-corrected chi connectivity index (χ3v) is 4.91. The smallest absolute Gasteiger partial charge is 0.396 e. The van der Waals surface area contributed by atoms with Crippen LogP contribution in [0.15, 0.2) is 18.3 Å². The molecule has 1 fully saturated rings. The van der Waals surface area contributed by atoms with Gasteiger partial charge in [0, 0.05) is 25.4 Å². The highest BCUT2D eigenvalue weighted by Crippen LogP contribution is 2.30. The van der Waals surface area contributed by atoms with Crippen molar-refractivity contribution in [3.63, 3.8) is 0 Å². The first-order valence-electron chi connectivity index (χ1n) is 8.86. The zero-order chi connectivity index (χ0) is 18.9. The minimum Gasteiger partial charge on any atom is -0.396 e. The predicted octanol–water partition coefficient (Wildman–Crippen LogP) is 3.29. The number of likely N-dealkylation sites (tertiary alicyclic amines) is 1. The fourth-order valence-corrected chi connectivity index (χ4v) is 3.59. The molecule has 8 heteroatoms. The first kappa shape index (κ1) is 18.7. The molecule has 1 amide bonds. The summed E-state index contributed by atoms with van der Waals surface area (Å²) in [6, 6.07) is 2.17. The van der Waals surface area contributed by atoms with Gasteiger partial charge in [-0.3, -0.25) is 9.20 Å². The molecule has 1 aliphatic rings. The van der Waals surface area contributed by atoms with E-state index in [4.69, 9.17) is 0 Å². The van der Waals surface area contributed by atoms with Crippen molar-refractivity contribution in [3.05, 3.63) is 35.3 Å². The number of nitrogens with zero attached hydrogens (tertiary/aromatic N) is 3. The largest absolute Gasteiger partial charge is 0.417 e. The quantitative estimate of drug-likeness (QED) is 0.900. The van der Waals surface area contributed by atoms with Gasteiger partial charge in [0.2, 0.25) is 0 Å². The van der Waals surface area contributed by atoms with Gasteiger partial charge >= 0.3 is 6.18 Å². The molecule has 1 unspecified atom stereocenters. The van der Waals surface area contributed by atoms with Crippen molar-refractivity contribution in [3.8, 4) is 0 Å². The number of aliphatic hydroxyl groups excluding tert-OH is 1. The van der Waals surface area contributed by atoms with Gasteiger partial charge in [-0.15, -0.1) is 0 Å². The van der Waals surface area contributed by atoms with E-state index in [0.29, 0.717) is 30.7 Å². The summed E-state index contributed by atoms with van der Waals surface area (Å²) in [5, 5.41) is 9.27. The third kappa shape index (κ3) is 3.42. The highest BCUT2D eigenvalue weighted by atomic mass is 19.4. The monoisotopic (exact) mass is 369 g/mol. The van der Waals surface area contributed by atoms with Gasteiger partial charge in [0.1, 0.15) is 11.3 Å². The number of aryl methyl sites for hydroxylation is 1. The zero-order valence-corrected chi connectivity index (χ0v) is 14.6. The number of aromatic nitrogens is 2. The normalized spacial score (nSPS) is 18.5. The summed E-state index contributed by atoms with van der Waals surface area (Å²) in [5.41, 5.74) is 0.194. The van der Waals surface area contributed by atoms with E-state index in [1.54, 1.807) is 4.90 Å². The number of carbonyl (C=O) groups is 1. The van der Waals surface area contributed by atoms with Gasteiger partial charge in [-0.05, 0) is 44.2 Å². The lowest BCUT2D eigenvalue weighted by molar-refractivity contribution is -0.137. The van der Waals surface area contributed by atoms with Crippen LogP contribution in [0.1, 0.15) is 54.4 Å². The average molecular weight is 369 g/mol. The van der Waals surface area contributed by atoms with E-state index in [2.05, 4.69) is 4.98 Å². The van der Waals surface area contributed by atoms with Crippen molar-refractivity contribution < 1.29 is 23.1 Å². The van der Waals surface area contributed by atoms with Crippen molar-refractivity contribution in [2.45, 2.75) is 51.2 Å². The number of alkyl halides is 3. The van der Waals surface area contributed by atoms with Crippen LogP contribution in [0.25, 0.3) is 5.65 Å². The summed E-state index contributed by atoms with van der Waals surface area (Å²) in [4.78, 5) is 19.2. The Balaban J connectivity index is 2.08. The minimum atomic E-state index is -4.49. The molecule has 3 rings (SSSR count). The summed E-state index contributed by atoms with van der Waals surface area (Å²) in [5.74, 6) is -0.313. The molecular formula is C18H22F3N3O2. The summed E-state index contributed by atoms with van der Waals surface area (Å²) in [6.45, 7) is 2.34. The third-order valence-electron chi connectivity index (χ3n) is 4.91. The van der Waals surface area contributed by atoms with Gasteiger partial charge in [-0.25, -0.2) is 4.98 Å². The van der Waals surface area contributed by atoms with Gasteiger partial charge in [0.15, 0.2) is 0 Å². The van der Waals surface area contributed by atoms with Crippen LogP contribution in [-0.4, -0.2) is 44.5 Å². The van der Waals surface area contributed by atoms with Crippen LogP contribution in [0.2, 0.25) is 0 Å². The Morgan fingerprint density at radius 2 is 2.12 bits per heavy atom. The maximum atomic E-state index is 13.2. The van der Waals surface area contributed by atoms with Crippen LogP contribution in [-0.2, 0) is 12.6 Å². The molecule has 26 heavy (non-hydrogen) atoms. The molecule has 0 spiro atoms. The van der Waals surface area contributed by atoms with Crippen molar-refractivity contribution in [2.24, 2.45) is 0 Å². The zero-order valence-electron chi connectivity index (χ0n) is 14.6. The summed E-state index contributed by atoms with van der Waals surface area (Å²) >= 11 is 0. The molecule has 1 aliphatic heterocycles. The van der Waals surface area contributed by atoms with E-state index >= 15 is 0 Å². The molecule has 0 saturated carbocycles. The Kier molecular flexibility index (Phi) is 5.22. The molecule has 0 bridgehead atoms. The number of fused-ring (bicyclic) bond motifs is 1. The first-order chi connectivity index (χ1) is 12.4. The molecule has 1 atom stereocenters. The number of hydrogen-bond donors (Lipinski definition) is 1. The van der Waals surface area contributed by atoms with Crippen LogP contribution >= 0.6 is 0 Å². The van der Waals surface area contributed by atoms with Crippen LogP contribution in [0.5, 0.6) is 0 Å². The van der Waals surface area contributed by atoms with Crippen molar-refractivity contribution in [1.82, 2.24) is 14.3 Å². The fourth-order valence-electron chi connectivity index (χ4n) is 3.59. The number of hydrogen-bond acceptors (Lipinski definition) is 3. The molecule has 5 nitrogen and oxygen atoms in total. The van der Waals surface area contributed by atoms with E-state index in [1.165, 1.54) is 10.5 Å². The maximum Gasteiger partial charge on any atom is 0.417 e. The van der Waals surface area contributed by atoms with E-state index < -0.39 is 11.7 Å². The summed E-state index contributed by atoms with van der Waals surface area (Å²) in [6.07, 6.45) is -0.0197. The lowest BCUT2D eigenvalue weighted by Crippen LogP contribution is -2.44. The Labute approximate surface area is 149 Å². The van der Waals surface area contributed by atoms with Gasteiger partial charge in [0.25, 0.3) is 5.91 Å². The van der Waals surface area contributed by atoms with E-state index in [1.807, 2.05) is 6.92 Å². The first-order valence-corrected chi connectivity index (χ1v) is 8.86.